The Labute approximate surface area is 134 Å². The van der Waals surface area contributed by atoms with Gasteiger partial charge in [-0.1, -0.05) is 24.6 Å². The van der Waals surface area contributed by atoms with Crippen LogP contribution in [0.1, 0.15) is 36.4 Å². The smallest absolute Gasteiger partial charge is 0.179 e. The Morgan fingerprint density at radius 2 is 1.87 bits per heavy atom. The molecule has 2 heterocycles. The van der Waals surface area contributed by atoms with Crippen molar-refractivity contribution in [2.75, 3.05) is 0 Å². The van der Waals surface area contributed by atoms with Gasteiger partial charge in [-0.15, -0.1) is 0 Å². The predicted molar refractivity (Wildman–Crippen MR) is 85.3 cm³/mol. The summed E-state index contributed by atoms with van der Waals surface area (Å²) >= 11 is 0. The molecule has 0 saturated heterocycles. The van der Waals surface area contributed by atoms with E-state index in [0.717, 1.165) is 24.2 Å². The van der Waals surface area contributed by atoms with E-state index in [0.29, 0.717) is 23.9 Å². The van der Waals surface area contributed by atoms with Crippen LogP contribution in [0.4, 0.5) is 4.39 Å². The van der Waals surface area contributed by atoms with Crippen LogP contribution in [-0.2, 0) is 6.54 Å². The Balaban J connectivity index is 1.72. The summed E-state index contributed by atoms with van der Waals surface area (Å²) in [6.45, 7) is 0.436. The number of halogens is 1. The van der Waals surface area contributed by atoms with E-state index in [9.17, 15) is 4.39 Å². The molecule has 0 unspecified atom stereocenters. The second kappa shape index (κ2) is 5.91. The monoisotopic (exact) mass is 308 g/mol. The molecule has 0 spiro atoms. The van der Waals surface area contributed by atoms with Crippen LogP contribution in [0, 0.1) is 5.82 Å². The maximum absolute atomic E-state index is 14.0. The number of rotatable bonds is 4. The van der Waals surface area contributed by atoms with E-state index < -0.39 is 0 Å². The SMILES string of the molecule is Fc1ccccc1Cn1nc(-c2ncccn2)cc1C1CCC1. The first-order valence-electron chi connectivity index (χ1n) is 7.90. The lowest BCUT2D eigenvalue weighted by Gasteiger charge is -2.26. The van der Waals surface area contributed by atoms with E-state index in [-0.39, 0.29) is 5.82 Å². The zero-order valence-corrected chi connectivity index (χ0v) is 12.7. The molecule has 1 aliphatic rings. The first kappa shape index (κ1) is 14.1. The highest BCUT2D eigenvalue weighted by Gasteiger charge is 2.25. The van der Waals surface area contributed by atoms with Crippen molar-refractivity contribution in [3.05, 3.63) is 65.9 Å². The molecule has 4 rings (SSSR count). The van der Waals surface area contributed by atoms with Gasteiger partial charge in [-0.05, 0) is 31.0 Å². The second-order valence-corrected chi connectivity index (χ2v) is 5.90. The summed E-state index contributed by atoms with van der Waals surface area (Å²) in [7, 11) is 0. The molecule has 23 heavy (non-hydrogen) atoms. The Bertz CT molecular complexity index is 809. The topological polar surface area (TPSA) is 43.6 Å². The predicted octanol–water partition coefficient (Wildman–Crippen LogP) is 3.80. The molecular formula is C18H17FN4. The number of hydrogen-bond donors (Lipinski definition) is 0. The molecular weight excluding hydrogens is 291 g/mol. The van der Waals surface area contributed by atoms with Crippen molar-refractivity contribution in [3.63, 3.8) is 0 Å². The molecule has 3 aromatic rings. The third-order valence-electron chi connectivity index (χ3n) is 4.41. The molecule has 1 fully saturated rings. The van der Waals surface area contributed by atoms with Gasteiger partial charge < -0.3 is 0 Å². The van der Waals surface area contributed by atoms with Crippen LogP contribution in [0.2, 0.25) is 0 Å². The summed E-state index contributed by atoms with van der Waals surface area (Å²) in [6.07, 6.45) is 6.99. The number of aromatic nitrogens is 4. The number of nitrogens with zero attached hydrogens (tertiary/aromatic N) is 4. The van der Waals surface area contributed by atoms with Gasteiger partial charge in [-0.2, -0.15) is 5.10 Å². The summed E-state index contributed by atoms with van der Waals surface area (Å²) in [5, 5.41) is 4.64. The van der Waals surface area contributed by atoms with Crippen molar-refractivity contribution in [1.82, 2.24) is 19.7 Å². The molecule has 0 radical (unpaired) electrons. The maximum atomic E-state index is 14.0. The summed E-state index contributed by atoms with van der Waals surface area (Å²) in [5.74, 6) is 0.923. The molecule has 116 valence electrons. The first-order chi connectivity index (χ1) is 11.3. The Kier molecular flexibility index (Phi) is 3.61. The molecule has 1 aliphatic carbocycles. The summed E-state index contributed by atoms with van der Waals surface area (Å²) in [4.78, 5) is 8.54. The molecule has 5 heteroatoms. The lowest BCUT2D eigenvalue weighted by molar-refractivity contribution is 0.391. The second-order valence-electron chi connectivity index (χ2n) is 5.90. The van der Waals surface area contributed by atoms with E-state index in [1.165, 1.54) is 12.5 Å². The Morgan fingerprint density at radius 1 is 1.09 bits per heavy atom. The van der Waals surface area contributed by atoms with Crippen molar-refractivity contribution in [2.24, 2.45) is 0 Å². The van der Waals surface area contributed by atoms with E-state index in [4.69, 9.17) is 0 Å². The van der Waals surface area contributed by atoms with E-state index in [2.05, 4.69) is 21.1 Å². The van der Waals surface area contributed by atoms with Crippen molar-refractivity contribution in [3.8, 4) is 11.5 Å². The van der Waals surface area contributed by atoms with Crippen LogP contribution in [0.5, 0.6) is 0 Å². The summed E-state index contributed by atoms with van der Waals surface area (Å²) in [6, 6.07) is 10.7. The van der Waals surface area contributed by atoms with Gasteiger partial charge in [-0.3, -0.25) is 4.68 Å². The van der Waals surface area contributed by atoms with Gasteiger partial charge in [0.05, 0.1) is 6.54 Å². The van der Waals surface area contributed by atoms with Crippen molar-refractivity contribution >= 4 is 0 Å². The van der Waals surface area contributed by atoms with Gasteiger partial charge in [-0.25, -0.2) is 14.4 Å². The summed E-state index contributed by atoms with van der Waals surface area (Å²) < 4.78 is 15.9. The average Bonchev–Trinajstić information content (AvgIpc) is 2.92. The standard InChI is InChI=1S/C18H17FN4/c19-15-8-2-1-5-14(15)12-23-17(13-6-3-7-13)11-16(22-23)18-20-9-4-10-21-18/h1-2,4-5,8-11,13H,3,6-7,12H2. The number of benzene rings is 1. The zero-order chi connectivity index (χ0) is 15.6. The van der Waals surface area contributed by atoms with Crippen LogP contribution in [-0.4, -0.2) is 19.7 Å². The Hall–Kier alpha value is -2.56. The van der Waals surface area contributed by atoms with Gasteiger partial charge in [0.2, 0.25) is 0 Å². The molecule has 2 aromatic heterocycles. The highest BCUT2D eigenvalue weighted by Crippen LogP contribution is 2.37. The molecule has 4 nitrogen and oxygen atoms in total. The molecule has 0 N–H and O–H groups in total. The van der Waals surface area contributed by atoms with Crippen LogP contribution < -0.4 is 0 Å². The molecule has 0 atom stereocenters. The minimum Gasteiger partial charge on any atom is -0.264 e. The minimum atomic E-state index is -0.194. The Morgan fingerprint density at radius 3 is 2.57 bits per heavy atom. The van der Waals surface area contributed by atoms with Gasteiger partial charge in [0.15, 0.2) is 5.82 Å². The van der Waals surface area contributed by atoms with E-state index in [1.54, 1.807) is 30.6 Å². The quantitative estimate of drug-likeness (QED) is 0.736. The molecule has 1 aromatic carbocycles. The minimum absolute atomic E-state index is 0.194. The lowest BCUT2D eigenvalue weighted by atomic mass is 9.82. The number of hydrogen-bond acceptors (Lipinski definition) is 3. The fraction of sp³-hybridized carbons (Fsp3) is 0.278. The van der Waals surface area contributed by atoms with Crippen molar-refractivity contribution in [2.45, 2.75) is 31.7 Å². The van der Waals surface area contributed by atoms with Crippen LogP contribution in [0.25, 0.3) is 11.5 Å². The molecule has 0 amide bonds. The van der Waals surface area contributed by atoms with E-state index >= 15 is 0 Å². The van der Waals surface area contributed by atoms with Gasteiger partial charge in [0.1, 0.15) is 11.5 Å². The third-order valence-corrected chi connectivity index (χ3v) is 4.41. The summed E-state index contributed by atoms with van der Waals surface area (Å²) in [5.41, 5.74) is 2.56. The van der Waals surface area contributed by atoms with Gasteiger partial charge in [0.25, 0.3) is 0 Å². The lowest BCUT2D eigenvalue weighted by Crippen LogP contribution is -2.16. The molecule has 0 aliphatic heterocycles. The fourth-order valence-electron chi connectivity index (χ4n) is 2.92. The van der Waals surface area contributed by atoms with Crippen LogP contribution in [0.3, 0.4) is 0 Å². The first-order valence-corrected chi connectivity index (χ1v) is 7.90. The van der Waals surface area contributed by atoms with Crippen LogP contribution in [0.15, 0.2) is 48.8 Å². The zero-order valence-electron chi connectivity index (χ0n) is 12.7. The molecule has 1 saturated carbocycles. The highest BCUT2D eigenvalue weighted by atomic mass is 19.1. The highest BCUT2D eigenvalue weighted by molar-refractivity contribution is 5.49. The fourth-order valence-corrected chi connectivity index (χ4v) is 2.92. The van der Waals surface area contributed by atoms with E-state index in [1.807, 2.05) is 10.7 Å². The third kappa shape index (κ3) is 2.74. The van der Waals surface area contributed by atoms with Gasteiger partial charge >= 0.3 is 0 Å². The van der Waals surface area contributed by atoms with Crippen molar-refractivity contribution in [1.29, 1.82) is 0 Å². The van der Waals surface area contributed by atoms with Gasteiger partial charge in [0, 0.05) is 29.6 Å². The maximum Gasteiger partial charge on any atom is 0.179 e. The largest absolute Gasteiger partial charge is 0.264 e. The average molecular weight is 308 g/mol. The normalized spacial score (nSPS) is 14.7. The van der Waals surface area contributed by atoms with Crippen molar-refractivity contribution < 1.29 is 4.39 Å². The molecule has 0 bridgehead atoms. The van der Waals surface area contributed by atoms with Crippen LogP contribution >= 0.6 is 0 Å².